The summed E-state index contributed by atoms with van der Waals surface area (Å²) in [5.74, 6) is 0. The molecule has 6 nitrogen and oxygen atoms in total. The highest BCUT2D eigenvalue weighted by Gasteiger charge is 2.44. The van der Waals surface area contributed by atoms with Gasteiger partial charge in [0.2, 0.25) is 0 Å². The van der Waals surface area contributed by atoms with E-state index in [0.717, 1.165) is 6.42 Å². The molecule has 0 aliphatic carbocycles. The van der Waals surface area contributed by atoms with Gasteiger partial charge in [0.1, 0.15) is 24.4 Å². The lowest BCUT2D eigenvalue weighted by Crippen LogP contribution is -2.59. The van der Waals surface area contributed by atoms with E-state index in [4.69, 9.17) is 14.6 Å². The van der Waals surface area contributed by atoms with Crippen molar-refractivity contribution in [1.82, 2.24) is 0 Å². The summed E-state index contributed by atoms with van der Waals surface area (Å²) in [6.07, 6.45) is -5.04. The third-order valence-electron chi connectivity index (χ3n) is 2.36. The minimum Gasteiger partial charge on any atom is -0.394 e. The van der Waals surface area contributed by atoms with Gasteiger partial charge in [-0.2, -0.15) is 0 Å². The van der Waals surface area contributed by atoms with Crippen molar-refractivity contribution in [3.8, 4) is 0 Å². The Morgan fingerprint density at radius 1 is 1.20 bits per heavy atom. The predicted octanol–water partition coefficient (Wildman–Crippen LogP) is -1.79. The van der Waals surface area contributed by atoms with Crippen LogP contribution in [0.25, 0.3) is 0 Å². The molecule has 1 heterocycles. The van der Waals surface area contributed by atoms with E-state index < -0.39 is 37.3 Å². The summed E-state index contributed by atoms with van der Waals surface area (Å²) >= 11 is 0. The summed E-state index contributed by atoms with van der Waals surface area (Å²) in [4.78, 5) is 0. The zero-order valence-electron chi connectivity index (χ0n) is 8.61. The quantitative estimate of drug-likeness (QED) is 0.448. The molecule has 1 aliphatic heterocycles. The smallest absolute Gasteiger partial charge is 0.184 e. The fourth-order valence-electron chi connectivity index (χ4n) is 1.51. The summed E-state index contributed by atoms with van der Waals surface area (Å²) < 4.78 is 10.1. The summed E-state index contributed by atoms with van der Waals surface area (Å²) in [7, 11) is 0. The first-order valence-electron chi connectivity index (χ1n) is 5.04. The van der Waals surface area contributed by atoms with Gasteiger partial charge in [-0.25, -0.2) is 0 Å². The molecule has 0 aromatic carbocycles. The standard InChI is InChI=1S/C9H18O6/c1-2-3-14-8-7(12)6(11)5(4-10)15-9(8)13/h5-13H,2-4H2,1H3/t5-,6+,7+,8-,9-/m1/s1. The van der Waals surface area contributed by atoms with Gasteiger partial charge in [0.25, 0.3) is 0 Å². The van der Waals surface area contributed by atoms with Crippen LogP contribution in [0.5, 0.6) is 0 Å². The van der Waals surface area contributed by atoms with Crippen LogP contribution < -0.4 is 0 Å². The third-order valence-corrected chi connectivity index (χ3v) is 2.36. The van der Waals surface area contributed by atoms with Crippen LogP contribution in [-0.4, -0.2) is 64.3 Å². The van der Waals surface area contributed by atoms with Crippen molar-refractivity contribution in [2.45, 2.75) is 44.1 Å². The molecule has 0 spiro atoms. The highest BCUT2D eigenvalue weighted by Crippen LogP contribution is 2.22. The van der Waals surface area contributed by atoms with E-state index in [1.165, 1.54) is 0 Å². The second-order valence-electron chi connectivity index (χ2n) is 3.56. The molecule has 1 fully saturated rings. The Labute approximate surface area is 88.1 Å². The number of aliphatic hydroxyl groups is 4. The van der Waals surface area contributed by atoms with Crippen LogP contribution in [0.1, 0.15) is 13.3 Å². The minimum atomic E-state index is -1.33. The van der Waals surface area contributed by atoms with Gasteiger partial charge < -0.3 is 29.9 Å². The molecule has 0 amide bonds. The average molecular weight is 222 g/mol. The SMILES string of the molecule is CCCO[C@@H]1[C@@H](O)[C@@H](O)[C@@H](CO)O[C@H]1O. The van der Waals surface area contributed by atoms with Gasteiger partial charge in [0, 0.05) is 6.61 Å². The first-order valence-corrected chi connectivity index (χ1v) is 5.04. The number of ether oxygens (including phenoxy) is 2. The van der Waals surface area contributed by atoms with Gasteiger partial charge in [0.05, 0.1) is 6.61 Å². The Kier molecular flexibility index (Phi) is 4.91. The van der Waals surface area contributed by atoms with Crippen molar-refractivity contribution >= 4 is 0 Å². The molecule has 5 atom stereocenters. The number of rotatable bonds is 4. The molecular formula is C9H18O6. The van der Waals surface area contributed by atoms with Gasteiger partial charge in [-0.15, -0.1) is 0 Å². The molecule has 0 aromatic rings. The van der Waals surface area contributed by atoms with Crippen molar-refractivity contribution < 1.29 is 29.9 Å². The lowest BCUT2D eigenvalue weighted by molar-refractivity contribution is -0.296. The van der Waals surface area contributed by atoms with Crippen molar-refractivity contribution in [3.05, 3.63) is 0 Å². The molecule has 6 heteroatoms. The Morgan fingerprint density at radius 3 is 2.40 bits per heavy atom. The number of aliphatic hydroxyl groups excluding tert-OH is 4. The maximum atomic E-state index is 9.61. The molecule has 0 bridgehead atoms. The predicted molar refractivity (Wildman–Crippen MR) is 50.0 cm³/mol. The highest BCUT2D eigenvalue weighted by atomic mass is 16.7. The zero-order valence-corrected chi connectivity index (χ0v) is 8.61. The van der Waals surface area contributed by atoms with Crippen molar-refractivity contribution in [3.63, 3.8) is 0 Å². The topological polar surface area (TPSA) is 99.4 Å². The Hall–Kier alpha value is -0.240. The van der Waals surface area contributed by atoms with E-state index in [0.29, 0.717) is 6.61 Å². The zero-order chi connectivity index (χ0) is 11.4. The van der Waals surface area contributed by atoms with Crippen LogP contribution >= 0.6 is 0 Å². The van der Waals surface area contributed by atoms with Gasteiger partial charge >= 0.3 is 0 Å². The summed E-state index contributed by atoms with van der Waals surface area (Å²) in [6.45, 7) is 1.78. The van der Waals surface area contributed by atoms with E-state index in [2.05, 4.69) is 0 Å². The van der Waals surface area contributed by atoms with Gasteiger partial charge in [0.15, 0.2) is 6.29 Å². The summed E-state index contributed by atoms with van der Waals surface area (Å²) in [5.41, 5.74) is 0. The van der Waals surface area contributed by atoms with Crippen LogP contribution in [0, 0.1) is 0 Å². The minimum absolute atomic E-state index is 0.360. The number of hydrogen-bond acceptors (Lipinski definition) is 6. The van der Waals surface area contributed by atoms with Crippen molar-refractivity contribution in [1.29, 1.82) is 0 Å². The van der Waals surface area contributed by atoms with Crippen molar-refractivity contribution in [2.75, 3.05) is 13.2 Å². The molecule has 1 rings (SSSR count). The fraction of sp³-hybridized carbons (Fsp3) is 1.00. The van der Waals surface area contributed by atoms with Crippen LogP contribution in [0.15, 0.2) is 0 Å². The number of hydrogen-bond donors (Lipinski definition) is 4. The molecule has 90 valence electrons. The molecule has 0 unspecified atom stereocenters. The second-order valence-corrected chi connectivity index (χ2v) is 3.56. The molecule has 1 saturated heterocycles. The first-order chi connectivity index (χ1) is 7.11. The average Bonchev–Trinajstić information content (AvgIpc) is 2.23. The summed E-state index contributed by atoms with van der Waals surface area (Å²) in [5, 5.41) is 37.4. The second kappa shape index (κ2) is 5.74. The molecule has 1 aliphatic rings. The maximum Gasteiger partial charge on any atom is 0.184 e. The Bertz CT molecular complexity index is 187. The monoisotopic (exact) mass is 222 g/mol. The molecule has 0 radical (unpaired) electrons. The van der Waals surface area contributed by atoms with Crippen molar-refractivity contribution in [2.24, 2.45) is 0 Å². The fourth-order valence-corrected chi connectivity index (χ4v) is 1.51. The highest BCUT2D eigenvalue weighted by molar-refractivity contribution is 4.89. The van der Waals surface area contributed by atoms with Gasteiger partial charge in [-0.1, -0.05) is 6.92 Å². The Balaban J connectivity index is 2.58. The van der Waals surface area contributed by atoms with Gasteiger partial charge in [-0.3, -0.25) is 0 Å². The maximum absolute atomic E-state index is 9.61. The van der Waals surface area contributed by atoms with E-state index in [-0.39, 0.29) is 0 Å². The molecule has 0 aromatic heterocycles. The van der Waals surface area contributed by atoms with E-state index >= 15 is 0 Å². The van der Waals surface area contributed by atoms with Gasteiger partial charge in [-0.05, 0) is 6.42 Å². The van der Waals surface area contributed by atoms with Crippen LogP contribution in [0.4, 0.5) is 0 Å². The van der Waals surface area contributed by atoms with E-state index in [1.807, 2.05) is 6.92 Å². The first kappa shape index (κ1) is 12.8. The lowest BCUT2D eigenvalue weighted by atomic mass is 9.99. The van der Waals surface area contributed by atoms with Crippen LogP contribution in [0.3, 0.4) is 0 Å². The van der Waals surface area contributed by atoms with E-state index in [9.17, 15) is 15.3 Å². The van der Waals surface area contributed by atoms with Crippen LogP contribution in [0.2, 0.25) is 0 Å². The Morgan fingerprint density at radius 2 is 1.87 bits per heavy atom. The summed E-state index contributed by atoms with van der Waals surface area (Å²) in [6, 6.07) is 0. The van der Waals surface area contributed by atoms with E-state index in [1.54, 1.807) is 0 Å². The molecule has 0 saturated carbocycles. The molecule has 4 N–H and O–H groups in total. The molecule has 15 heavy (non-hydrogen) atoms. The van der Waals surface area contributed by atoms with Crippen LogP contribution in [-0.2, 0) is 9.47 Å². The third kappa shape index (κ3) is 2.87. The lowest BCUT2D eigenvalue weighted by Gasteiger charge is -2.39. The normalized spacial score (nSPS) is 41.8. The molecular weight excluding hydrogens is 204 g/mol. The largest absolute Gasteiger partial charge is 0.394 e.